The van der Waals surface area contributed by atoms with E-state index in [-0.39, 0.29) is 11.4 Å². The Kier molecular flexibility index (Phi) is 4.04. The van der Waals surface area contributed by atoms with E-state index in [1.807, 2.05) is 44.2 Å². The van der Waals surface area contributed by atoms with Gasteiger partial charge >= 0.3 is 0 Å². The minimum absolute atomic E-state index is 0.181. The van der Waals surface area contributed by atoms with Gasteiger partial charge in [-0.1, -0.05) is 30.3 Å². The van der Waals surface area contributed by atoms with Crippen LogP contribution in [0.2, 0.25) is 0 Å². The van der Waals surface area contributed by atoms with Gasteiger partial charge in [-0.3, -0.25) is 4.79 Å². The highest BCUT2D eigenvalue weighted by atomic mass is 16.5. The highest BCUT2D eigenvalue weighted by Gasteiger charge is 2.18. The molecule has 1 aromatic carbocycles. The van der Waals surface area contributed by atoms with E-state index in [1.54, 1.807) is 7.11 Å². The maximum atomic E-state index is 11.8. The van der Waals surface area contributed by atoms with Gasteiger partial charge in [-0.25, -0.2) is 0 Å². The van der Waals surface area contributed by atoms with E-state index in [9.17, 15) is 4.79 Å². The number of hydrogen-bond acceptors (Lipinski definition) is 2. The van der Waals surface area contributed by atoms with Crippen LogP contribution in [0.3, 0.4) is 0 Å². The smallest absolute Gasteiger partial charge is 0.162 e. The van der Waals surface area contributed by atoms with Crippen molar-refractivity contribution >= 4 is 5.78 Å². The van der Waals surface area contributed by atoms with Crippen molar-refractivity contribution in [1.82, 2.24) is 0 Å². The first-order chi connectivity index (χ1) is 7.05. The van der Waals surface area contributed by atoms with Crippen molar-refractivity contribution in [3.63, 3.8) is 0 Å². The molecule has 0 aliphatic heterocycles. The minimum atomic E-state index is -0.218. The summed E-state index contributed by atoms with van der Waals surface area (Å²) in [7, 11) is 1.67. The summed E-state index contributed by atoms with van der Waals surface area (Å²) in [5, 5.41) is 0. The van der Waals surface area contributed by atoms with Crippen molar-refractivity contribution in [2.45, 2.75) is 32.3 Å². The number of methoxy groups -OCH3 is 1. The number of Topliss-reactive ketones (excluding diaryl/α,β-unsaturated/α-hetero) is 1. The SMILES string of the molecule is COC(C)(C)CCC(=O)c1ccccc1. The number of ketones is 1. The van der Waals surface area contributed by atoms with E-state index in [4.69, 9.17) is 4.74 Å². The molecule has 0 radical (unpaired) electrons. The second-order valence-corrected chi connectivity index (χ2v) is 4.25. The average Bonchev–Trinajstić information content (AvgIpc) is 2.27. The third-order valence-electron chi connectivity index (χ3n) is 2.60. The zero-order valence-corrected chi connectivity index (χ0v) is 9.62. The predicted molar refractivity (Wildman–Crippen MR) is 61.1 cm³/mol. The molecule has 0 bridgehead atoms. The van der Waals surface area contributed by atoms with Gasteiger partial charge in [0.2, 0.25) is 0 Å². The topological polar surface area (TPSA) is 26.3 Å². The van der Waals surface area contributed by atoms with E-state index in [0.29, 0.717) is 6.42 Å². The maximum absolute atomic E-state index is 11.8. The Morgan fingerprint density at radius 3 is 2.40 bits per heavy atom. The summed E-state index contributed by atoms with van der Waals surface area (Å²) in [6.45, 7) is 3.98. The molecule has 0 fully saturated rings. The molecule has 0 aliphatic rings. The van der Waals surface area contributed by atoms with Gasteiger partial charge in [0.1, 0.15) is 0 Å². The lowest BCUT2D eigenvalue weighted by Crippen LogP contribution is -2.23. The van der Waals surface area contributed by atoms with Crippen LogP contribution >= 0.6 is 0 Å². The molecular formula is C13H18O2. The first kappa shape index (κ1) is 11.9. The maximum Gasteiger partial charge on any atom is 0.162 e. The molecule has 0 amide bonds. The Bertz CT molecular complexity index is 315. The molecule has 0 unspecified atom stereocenters. The lowest BCUT2D eigenvalue weighted by Gasteiger charge is -2.22. The van der Waals surface area contributed by atoms with Crippen molar-refractivity contribution < 1.29 is 9.53 Å². The molecule has 1 rings (SSSR count). The second-order valence-electron chi connectivity index (χ2n) is 4.25. The average molecular weight is 206 g/mol. The van der Waals surface area contributed by atoms with Gasteiger partial charge in [0, 0.05) is 19.1 Å². The summed E-state index contributed by atoms with van der Waals surface area (Å²) in [5.41, 5.74) is 0.564. The summed E-state index contributed by atoms with van der Waals surface area (Å²) in [5.74, 6) is 0.181. The van der Waals surface area contributed by atoms with Gasteiger partial charge in [0.15, 0.2) is 5.78 Å². The lowest BCUT2D eigenvalue weighted by molar-refractivity contribution is 0.0141. The zero-order valence-electron chi connectivity index (χ0n) is 9.62. The number of ether oxygens (including phenoxy) is 1. The fourth-order valence-electron chi connectivity index (χ4n) is 1.29. The van der Waals surface area contributed by atoms with Gasteiger partial charge in [0.25, 0.3) is 0 Å². The van der Waals surface area contributed by atoms with Crippen LogP contribution in [0.1, 0.15) is 37.0 Å². The minimum Gasteiger partial charge on any atom is -0.379 e. The largest absolute Gasteiger partial charge is 0.379 e. The summed E-state index contributed by atoms with van der Waals surface area (Å²) >= 11 is 0. The molecule has 0 aliphatic carbocycles. The monoisotopic (exact) mass is 206 g/mol. The first-order valence-electron chi connectivity index (χ1n) is 5.18. The van der Waals surface area contributed by atoms with Crippen LogP contribution in [0, 0.1) is 0 Å². The number of carbonyl (C=O) groups excluding carboxylic acids is 1. The van der Waals surface area contributed by atoms with Crippen LogP contribution < -0.4 is 0 Å². The third kappa shape index (κ3) is 3.84. The molecule has 0 aromatic heterocycles. The van der Waals surface area contributed by atoms with Crippen LogP contribution in [-0.4, -0.2) is 18.5 Å². The normalized spacial score (nSPS) is 11.4. The predicted octanol–water partition coefficient (Wildman–Crippen LogP) is 3.07. The van der Waals surface area contributed by atoms with Crippen molar-refractivity contribution in [3.05, 3.63) is 35.9 Å². The second kappa shape index (κ2) is 5.08. The molecule has 82 valence electrons. The van der Waals surface area contributed by atoms with Crippen LogP contribution in [-0.2, 0) is 4.74 Å². The molecule has 0 spiro atoms. The molecule has 2 nitrogen and oxygen atoms in total. The van der Waals surface area contributed by atoms with E-state index < -0.39 is 0 Å². The summed E-state index contributed by atoms with van der Waals surface area (Å²) in [4.78, 5) is 11.8. The highest BCUT2D eigenvalue weighted by Crippen LogP contribution is 2.17. The standard InChI is InChI=1S/C13H18O2/c1-13(2,15-3)10-9-12(14)11-7-5-4-6-8-11/h4-8H,9-10H2,1-3H3. The van der Waals surface area contributed by atoms with E-state index in [0.717, 1.165) is 12.0 Å². The fourth-order valence-corrected chi connectivity index (χ4v) is 1.29. The highest BCUT2D eigenvalue weighted by molar-refractivity contribution is 5.95. The van der Waals surface area contributed by atoms with Gasteiger partial charge in [-0.2, -0.15) is 0 Å². The van der Waals surface area contributed by atoms with Crippen molar-refractivity contribution in [1.29, 1.82) is 0 Å². The van der Waals surface area contributed by atoms with Crippen LogP contribution in [0.5, 0.6) is 0 Å². The molecule has 0 saturated carbocycles. The van der Waals surface area contributed by atoms with E-state index in [1.165, 1.54) is 0 Å². The van der Waals surface area contributed by atoms with E-state index >= 15 is 0 Å². The van der Waals surface area contributed by atoms with Crippen molar-refractivity contribution in [3.8, 4) is 0 Å². The molecule has 0 saturated heterocycles. The number of benzene rings is 1. The number of hydrogen-bond donors (Lipinski definition) is 0. The molecule has 0 atom stereocenters. The molecule has 0 heterocycles. The van der Waals surface area contributed by atoms with Gasteiger partial charge < -0.3 is 4.74 Å². The van der Waals surface area contributed by atoms with Gasteiger partial charge in [-0.15, -0.1) is 0 Å². The quantitative estimate of drug-likeness (QED) is 0.692. The molecule has 15 heavy (non-hydrogen) atoms. The van der Waals surface area contributed by atoms with E-state index in [2.05, 4.69) is 0 Å². The van der Waals surface area contributed by atoms with Crippen molar-refractivity contribution in [2.75, 3.05) is 7.11 Å². The molecule has 0 N–H and O–H groups in total. The Hall–Kier alpha value is -1.15. The van der Waals surface area contributed by atoms with Crippen molar-refractivity contribution in [2.24, 2.45) is 0 Å². The Morgan fingerprint density at radius 2 is 1.87 bits per heavy atom. The number of rotatable bonds is 5. The summed E-state index contributed by atoms with van der Waals surface area (Å²) in [6, 6.07) is 9.38. The lowest BCUT2D eigenvalue weighted by atomic mass is 9.98. The Labute approximate surface area is 91.3 Å². The molecule has 1 aromatic rings. The van der Waals surface area contributed by atoms with Gasteiger partial charge in [-0.05, 0) is 20.3 Å². The van der Waals surface area contributed by atoms with Crippen LogP contribution in [0.4, 0.5) is 0 Å². The summed E-state index contributed by atoms with van der Waals surface area (Å²) < 4.78 is 5.27. The van der Waals surface area contributed by atoms with Gasteiger partial charge in [0.05, 0.1) is 5.60 Å². The van der Waals surface area contributed by atoms with Crippen LogP contribution in [0.15, 0.2) is 30.3 Å². The molecule has 2 heteroatoms. The first-order valence-corrected chi connectivity index (χ1v) is 5.18. The Balaban J connectivity index is 2.51. The third-order valence-corrected chi connectivity index (χ3v) is 2.60. The number of carbonyl (C=O) groups is 1. The summed E-state index contributed by atoms with van der Waals surface area (Å²) in [6.07, 6.45) is 1.28. The fraction of sp³-hybridized carbons (Fsp3) is 0.462. The Morgan fingerprint density at radius 1 is 1.27 bits per heavy atom. The van der Waals surface area contributed by atoms with Crippen LogP contribution in [0.25, 0.3) is 0 Å². The zero-order chi connectivity index (χ0) is 11.3. The molecular weight excluding hydrogens is 188 g/mol.